The fourth-order valence-electron chi connectivity index (χ4n) is 3.98. The number of nitrogens with zero attached hydrogens (tertiary/aromatic N) is 2. The normalized spacial score (nSPS) is 24.7. The number of benzene rings is 2. The second-order valence-corrected chi connectivity index (χ2v) is 6.68. The third-order valence-electron chi connectivity index (χ3n) is 5.26. The molecule has 0 amide bonds. The number of nitrogens with two attached hydrogens (primary N) is 1. The first-order chi connectivity index (χ1) is 10.7. The van der Waals surface area contributed by atoms with Crippen molar-refractivity contribution in [2.24, 2.45) is 5.92 Å². The van der Waals surface area contributed by atoms with Crippen molar-refractivity contribution in [3.8, 4) is 11.1 Å². The van der Waals surface area contributed by atoms with E-state index in [0.717, 1.165) is 24.2 Å². The van der Waals surface area contributed by atoms with E-state index in [1.807, 2.05) is 18.2 Å². The van der Waals surface area contributed by atoms with E-state index in [9.17, 15) is 0 Å². The molecule has 2 N–H and O–H groups in total. The number of hydrogen-bond donors (Lipinski definition) is 1. The fraction of sp³-hybridized carbons (Fsp3) is 0.368. The van der Waals surface area contributed by atoms with Crippen molar-refractivity contribution in [1.29, 1.82) is 0 Å². The third kappa shape index (κ3) is 2.35. The Bertz CT molecular complexity index is 682. The molecule has 2 atom stereocenters. The maximum Gasteiger partial charge on any atom is 0.0373 e. The van der Waals surface area contributed by atoms with Crippen molar-refractivity contribution in [2.45, 2.75) is 12.5 Å². The number of fused-ring (bicyclic) bond motifs is 1. The van der Waals surface area contributed by atoms with Crippen molar-refractivity contribution in [1.82, 2.24) is 4.90 Å². The second-order valence-electron chi connectivity index (χ2n) is 6.68. The average Bonchev–Trinajstić information content (AvgIpc) is 3.10. The lowest BCUT2D eigenvalue weighted by molar-refractivity contribution is 0.310. The average molecular weight is 293 g/mol. The van der Waals surface area contributed by atoms with E-state index in [0.29, 0.717) is 0 Å². The minimum Gasteiger partial charge on any atom is -0.399 e. The first-order valence-corrected chi connectivity index (χ1v) is 8.12. The van der Waals surface area contributed by atoms with Crippen molar-refractivity contribution >= 4 is 11.4 Å². The van der Waals surface area contributed by atoms with Gasteiger partial charge in [0, 0.05) is 30.5 Å². The van der Waals surface area contributed by atoms with E-state index >= 15 is 0 Å². The lowest BCUT2D eigenvalue weighted by Crippen LogP contribution is -2.32. The van der Waals surface area contributed by atoms with Gasteiger partial charge in [0.25, 0.3) is 0 Å². The van der Waals surface area contributed by atoms with Gasteiger partial charge in [0.2, 0.25) is 0 Å². The van der Waals surface area contributed by atoms with Crippen molar-refractivity contribution in [3.63, 3.8) is 0 Å². The van der Waals surface area contributed by atoms with Crippen LogP contribution in [0.25, 0.3) is 11.1 Å². The zero-order valence-electron chi connectivity index (χ0n) is 13.1. The van der Waals surface area contributed by atoms with Crippen LogP contribution in [0.1, 0.15) is 6.42 Å². The van der Waals surface area contributed by atoms with E-state index in [1.165, 1.54) is 36.3 Å². The Morgan fingerprint density at radius 3 is 2.55 bits per heavy atom. The van der Waals surface area contributed by atoms with Gasteiger partial charge in [-0.1, -0.05) is 24.3 Å². The summed E-state index contributed by atoms with van der Waals surface area (Å²) in [5.41, 5.74) is 10.5. The first kappa shape index (κ1) is 13.6. The van der Waals surface area contributed by atoms with Crippen LogP contribution in [-0.4, -0.2) is 37.6 Å². The van der Waals surface area contributed by atoms with Crippen LogP contribution >= 0.6 is 0 Å². The van der Waals surface area contributed by atoms with Gasteiger partial charge in [0.1, 0.15) is 0 Å². The molecule has 3 heteroatoms. The van der Waals surface area contributed by atoms with Crippen molar-refractivity contribution in [2.75, 3.05) is 37.3 Å². The summed E-state index contributed by atoms with van der Waals surface area (Å²) < 4.78 is 0. The van der Waals surface area contributed by atoms with E-state index in [-0.39, 0.29) is 0 Å². The van der Waals surface area contributed by atoms with Gasteiger partial charge in [0.15, 0.2) is 0 Å². The summed E-state index contributed by atoms with van der Waals surface area (Å²) in [6, 6.07) is 17.7. The van der Waals surface area contributed by atoms with Crippen LogP contribution in [0.15, 0.2) is 48.5 Å². The zero-order chi connectivity index (χ0) is 15.1. The number of hydrogen-bond acceptors (Lipinski definition) is 3. The van der Waals surface area contributed by atoms with Gasteiger partial charge in [-0.05, 0) is 61.3 Å². The number of anilines is 2. The lowest BCUT2D eigenvalue weighted by Gasteiger charge is -2.23. The zero-order valence-corrected chi connectivity index (χ0v) is 13.1. The van der Waals surface area contributed by atoms with Crippen LogP contribution in [-0.2, 0) is 0 Å². The smallest absolute Gasteiger partial charge is 0.0373 e. The summed E-state index contributed by atoms with van der Waals surface area (Å²) in [4.78, 5) is 5.06. The molecule has 2 heterocycles. The maximum absolute atomic E-state index is 5.92. The molecule has 4 rings (SSSR count). The van der Waals surface area contributed by atoms with Crippen LogP contribution in [0.4, 0.5) is 11.4 Å². The molecule has 114 valence electrons. The van der Waals surface area contributed by atoms with Crippen LogP contribution < -0.4 is 10.6 Å². The standard InChI is InChI=1S/C19H23N3/c1-21-9-8-16-12-22(13-19(16)21)18-7-3-5-15(11-18)14-4-2-6-17(20)10-14/h2-7,10-11,16,19H,8-9,12-13,20H2,1H3. The molecule has 0 saturated carbocycles. The highest BCUT2D eigenvalue weighted by atomic mass is 15.3. The maximum atomic E-state index is 5.92. The highest BCUT2D eigenvalue weighted by Crippen LogP contribution is 2.34. The highest BCUT2D eigenvalue weighted by molar-refractivity contribution is 5.71. The third-order valence-corrected chi connectivity index (χ3v) is 5.26. The van der Waals surface area contributed by atoms with Gasteiger partial charge in [-0.25, -0.2) is 0 Å². The molecule has 2 aromatic rings. The molecule has 2 unspecified atom stereocenters. The van der Waals surface area contributed by atoms with Gasteiger partial charge < -0.3 is 15.5 Å². The Hall–Kier alpha value is -2.00. The van der Waals surface area contributed by atoms with Gasteiger partial charge >= 0.3 is 0 Å². The van der Waals surface area contributed by atoms with Gasteiger partial charge in [0.05, 0.1) is 0 Å². The molecule has 2 aromatic carbocycles. The van der Waals surface area contributed by atoms with Gasteiger partial charge in [-0.15, -0.1) is 0 Å². The Kier molecular flexibility index (Phi) is 3.30. The summed E-state index contributed by atoms with van der Waals surface area (Å²) in [7, 11) is 2.26. The summed E-state index contributed by atoms with van der Waals surface area (Å²) in [5.74, 6) is 0.834. The monoisotopic (exact) mass is 293 g/mol. The van der Waals surface area contributed by atoms with Crippen LogP contribution in [0.3, 0.4) is 0 Å². The number of rotatable bonds is 2. The summed E-state index contributed by atoms with van der Waals surface area (Å²) in [5, 5.41) is 0. The molecule has 0 aromatic heterocycles. The first-order valence-electron chi connectivity index (χ1n) is 8.12. The van der Waals surface area contributed by atoms with E-state index < -0.39 is 0 Å². The van der Waals surface area contributed by atoms with Crippen molar-refractivity contribution < 1.29 is 0 Å². The van der Waals surface area contributed by atoms with Crippen LogP contribution in [0.5, 0.6) is 0 Å². The Morgan fingerprint density at radius 2 is 1.77 bits per heavy atom. The minimum atomic E-state index is 0.732. The molecule has 2 fully saturated rings. The largest absolute Gasteiger partial charge is 0.399 e. The molecule has 0 bridgehead atoms. The molecule has 0 radical (unpaired) electrons. The predicted octanol–water partition coefficient (Wildman–Crippen LogP) is 3.08. The second kappa shape index (κ2) is 5.33. The van der Waals surface area contributed by atoms with Gasteiger partial charge in [-0.3, -0.25) is 0 Å². The molecule has 2 aliphatic rings. The molecule has 3 nitrogen and oxygen atoms in total. The van der Waals surface area contributed by atoms with E-state index in [1.54, 1.807) is 0 Å². The molecule has 2 saturated heterocycles. The molecule has 0 spiro atoms. The van der Waals surface area contributed by atoms with Crippen LogP contribution in [0, 0.1) is 5.92 Å². The van der Waals surface area contributed by atoms with Crippen molar-refractivity contribution in [3.05, 3.63) is 48.5 Å². The van der Waals surface area contributed by atoms with E-state index in [2.05, 4.69) is 47.2 Å². The fourth-order valence-corrected chi connectivity index (χ4v) is 3.98. The van der Waals surface area contributed by atoms with Crippen LogP contribution in [0.2, 0.25) is 0 Å². The SMILES string of the molecule is CN1CCC2CN(c3cccc(-c4cccc(N)c4)c3)CC21. The molecule has 2 aliphatic heterocycles. The molecular weight excluding hydrogens is 270 g/mol. The Balaban J connectivity index is 1.60. The van der Waals surface area contributed by atoms with E-state index in [4.69, 9.17) is 5.73 Å². The summed E-state index contributed by atoms with van der Waals surface area (Å²) in [6.45, 7) is 3.60. The molecule has 0 aliphatic carbocycles. The molecular formula is C19H23N3. The number of likely N-dealkylation sites (N-methyl/N-ethyl adjacent to an activating group) is 1. The topological polar surface area (TPSA) is 32.5 Å². The lowest BCUT2D eigenvalue weighted by atomic mass is 10.0. The predicted molar refractivity (Wildman–Crippen MR) is 93.0 cm³/mol. The number of nitrogen functional groups attached to an aromatic ring is 1. The summed E-state index contributed by atoms with van der Waals surface area (Å²) in [6.07, 6.45) is 1.34. The quantitative estimate of drug-likeness (QED) is 0.864. The Morgan fingerprint density at radius 1 is 1.00 bits per heavy atom. The molecule has 22 heavy (non-hydrogen) atoms. The minimum absolute atomic E-state index is 0.732. The Labute approximate surface area is 132 Å². The summed E-state index contributed by atoms with van der Waals surface area (Å²) >= 11 is 0. The number of likely N-dealkylation sites (tertiary alicyclic amines) is 1. The highest BCUT2D eigenvalue weighted by Gasteiger charge is 2.39. The van der Waals surface area contributed by atoms with Gasteiger partial charge in [-0.2, -0.15) is 0 Å².